The molecule has 6 heteroatoms. The Balaban J connectivity index is 2.27. The van der Waals surface area contributed by atoms with Gasteiger partial charge in [-0.1, -0.05) is 0 Å². The van der Waals surface area contributed by atoms with Gasteiger partial charge in [0.1, 0.15) is 5.75 Å². The molecule has 1 aromatic carbocycles. The van der Waals surface area contributed by atoms with E-state index in [9.17, 15) is 14.7 Å². The molecule has 2 unspecified atom stereocenters. The van der Waals surface area contributed by atoms with Crippen LogP contribution in [0.4, 0.5) is 0 Å². The molecule has 0 saturated carbocycles. The fourth-order valence-electron chi connectivity index (χ4n) is 2.69. The topological polar surface area (TPSA) is 92.9 Å². The highest BCUT2D eigenvalue weighted by Gasteiger charge is 2.35. The molecule has 0 spiro atoms. The lowest BCUT2D eigenvalue weighted by Gasteiger charge is -2.22. The minimum absolute atomic E-state index is 0.0354. The van der Waals surface area contributed by atoms with Gasteiger partial charge in [-0.3, -0.25) is 14.5 Å². The monoisotopic (exact) mass is 292 g/mol. The number of nitrogens with two attached hydrogens (primary N) is 1. The van der Waals surface area contributed by atoms with Gasteiger partial charge >= 0.3 is 0 Å². The van der Waals surface area contributed by atoms with Gasteiger partial charge < -0.3 is 15.6 Å². The van der Waals surface area contributed by atoms with Gasteiger partial charge in [0.2, 0.25) is 5.91 Å². The summed E-state index contributed by atoms with van der Waals surface area (Å²) in [5.41, 5.74) is 6.76. The van der Waals surface area contributed by atoms with Crippen LogP contribution in [0.2, 0.25) is 0 Å². The van der Waals surface area contributed by atoms with Crippen LogP contribution >= 0.6 is 0 Å². The molecule has 0 bridgehead atoms. The summed E-state index contributed by atoms with van der Waals surface area (Å²) in [6, 6.07) is 4.70. The van der Waals surface area contributed by atoms with Gasteiger partial charge in [0.05, 0.1) is 19.3 Å². The molecule has 1 saturated heterocycles. The molecule has 6 nitrogen and oxygen atoms in total. The molecule has 1 amide bonds. The molecular formula is C15H20N2O4. The highest BCUT2D eigenvalue weighted by Crippen LogP contribution is 2.26. The lowest BCUT2D eigenvalue weighted by Crippen LogP contribution is -2.39. The number of rotatable bonds is 5. The number of benzene rings is 1. The quantitative estimate of drug-likeness (QED) is 0.762. The smallest absolute Gasteiger partial charge is 0.234 e. The number of hydrogen-bond donors (Lipinski definition) is 2. The third-order valence-corrected chi connectivity index (χ3v) is 3.77. The molecule has 21 heavy (non-hydrogen) atoms. The van der Waals surface area contributed by atoms with Crippen LogP contribution in [0.25, 0.3) is 0 Å². The van der Waals surface area contributed by atoms with Crippen molar-refractivity contribution in [2.24, 2.45) is 5.73 Å². The van der Waals surface area contributed by atoms with Crippen LogP contribution in [0.15, 0.2) is 18.2 Å². The molecule has 1 fully saturated rings. The van der Waals surface area contributed by atoms with Crippen LogP contribution in [0.5, 0.6) is 5.75 Å². The number of β-amino-alcohol motifs (C(OH)–C–C–N with tert-alkyl or cyclic N) is 1. The molecule has 0 aromatic heterocycles. The lowest BCUT2D eigenvalue weighted by atomic mass is 10.1. The van der Waals surface area contributed by atoms with Gasteiger partial charge in [-0.2, -0.15) is 0 Å². The fourth-order valence-corrected chi connectivity index (χ4v) is 2.69. The summed E-state index contributed by atoms with van der Waals surface area (Å²) in [4.78, 5) is 24.8. The van der Waals surface area contributed by atoms with E-state index in [1.807, 2.05) is 4.90 Å². The van der Waals surface area contributed by atoms with E-state index in [1.54, 1.807) is 25.3 Å². The minimum atomic E-state index is -0.565. The van der Waals surface area contributed by atoms with Gasteiger partial charge in [0.15, 0.2) is 5.78 Å². The van der Waals surface area contributed by atoms with E-state index in [4.69, 9.17) is 10.5 Å². The fraction of sp³-hybridized carbons (Fsp3) is 0.467. The molecule has 1 aliphatic rings. The van der Waals surface area contributed by atoms with Crippen LogP contribution < -0.4 is 10.5 Å². The first-order chi connectivity index (χ1) is 9.92. The van der Waals surface area contributed by atoms with Crippen LogP contribution in [-0.4, -0.2) is 47.5 Å². The van der Waals surface area contributed by atoms with Crippen molar-refractivity contribution in [1.82, 2.24) is 4.90 Å². The van der Waals surface area contributed by atoms with E-state index in [0.717, 1.165) is 5.56 Å². The third kappa shape index (κ3) is 3.40. The van der Waals surface area contributed by atoms with Crippen molar-refractivity contribution in [2.75, 3.05) is 13.7 Å². The number of methoxy groups -OCH3 is 1. The minimum Gasteiger partial charge on any atom is -0.496 e. The number of nitrogens with zero attached hydrogens (tertiary/aromatic N) is 1. The lowest BCUT2D eigenvalue weighted by molar-refractivity contribution is -0.122. The van der Waals surface area contributed by atoms with Crippen LogP contribution in [-0.2, 0) is 11.3 Å². The van der Waals surface area contributed by atoms with Crippen LogP contribution in [0, 0.1) is 0 Å². The molecule has 2 atom stereocenters. The summed E-state index contributed by atoms with van der Waals surface area (Å²) < 4.78 is 5.30. The number of ketones is 1. The normalized spacial score (nSPS) is 22.2. The summed E-state index contributed by atoms with van der Waals surface area (Å²) in [5.74, 6) is 0.157. The summed E-state index contributed by atoms with van der Waals surface area (Å²) in [6.07, 6.45) is -0.228. The molecular weight excluding hydrogens is 272 g/mol. The number of likely N-dealkylation sites (tertiary alicyclic amines) is 1. The largest absolute Gasteiger partial charge is 0.496 e. The van der Waals surface area contributed by atoms with Crippen LogP contribution in [0.1, 0.15) is 29.3 Å². The molecule has 3 N–H and O–H groups in total. The zero-order valence-electron chi connectivity index (χ0n) is 12.2. The number of carbonyl (C=O) groups is 2. The Morgan fingerprint density at radius 1 is 1.48 bits per heavy atom. The third-order valence-electron chi connectivity index (χ3n) is 3.77. The number of carbonyl (C=O) groups excluding carboxylic acids is 2. The molecule has 1 aromatic rings. The number of Topliss-reactive ketones (excluding diaryl/α,β-unsaturated/α-hetero) is 1. The summed E-state index contributed by atoms with van der Waals surface area (Å²) >= 11 is 0. The Labute approximate surface area is 123 Å². The molecule has 114 valence electrons. The van der Waals surface area contributed by atoms with Gasteiger partial charge in [0, 0.05) is 24.2 Å². The van der Waals surface area contributed by atoms with Crippen molar-refractivity contribution >= 4 is 11.7 Å². The summed E-state index contributed by atoms with van der Waals surface area (Å²) in [7, 11) is 1.55. The standard InChI is InChI=1S/C15H20N2O4/c1-9(18)10-3-4-14(21-2)11(5-10)7-17-8-12(19)6-13(17)15(16)20/h3-5,12-13,19H,6-8H2,1-2H3,(H2,16,20). The van der Waals surface area contributed by atoms with Crippen molar-refractivity contribution in [3.8, 4) is 5.75 Å². The first-order valence-electron chi connectivity index (χ1n) is 6.81. The van der Waals surface area contributed by atoms with Gasteiger partial charge in [-0.15, -0.1) is 0 Å². The number of ether oxygens (including phenoxy) is 1. The number of primary amides is 1. The van der Waals surface area contributed by atoms with E-state index >= 15 is 0 Å². The molecule has 2 rings (SSSR count). The van der Waals surface area contributed by atoms with Crippen molar-refractivity contribution in [2.45, 2.75) is 32.0 Å². The van der Waals surface area contributed by atoms with Gasteiger partial charge in [-0.05, 0) is 31.5 Å². The predicted molar refractivity (Wildman–Crippen MR) is 77.0 cm³/mol. The Bertz CT molecular complexity index is 559. The number of hydrogen-bond acceptors (Lipinski definition) is 5. The SMILES string of the molecule is COc1ccc(C(C)=O)cc1CN1CC(O)CC1C(N)=O. The van der Waals surface area contributed by atoms with Crippen molar-refractivity contribution in [1.29, 1.82) is 0 Å². The Kier molecular flexibility index (Phi) is 4.59. The first kappa shape index (κ1) is 15.5. The average molecular weight is 292 g/mol. The Hall–Kier alpha value is -1.92. The van der Waals surface area contributed by atoms with Crippen molar-refractivity contribution in [3.05, 3.63) is 29.3 Å². The van der Waals surface area contributed by atoms with Gasteiger partial charge in [0.25, 0.3) is 0 Å². The van der Waals surface area contributed by atoms with E-state index in [-0.39, 0.29) is 5.78 Å². The first-order valence-corrected chi connectivity index (χ1v) is 6.81. The number of aliphatic hydroxyl groups is 1. The molecule has 0 aliphatic carbocycles. The summed E-state index contributed by atoms with van der Waals surface area (Å²) in [6.45, 7) is 2.27. The van der Waals surface area contributed by atoms with E-state index in [1.165, 1.54) is 6.92 Å². The van der Waals surface area contributed by atoms with E-state index < -0.39 is 18.1 Å². The second kappa shape index (κ2) is 6.24. The second-order valence-electron chi connectivity index (χ2n) is 5.32. The highest BCUT2D eigenvalue weighted by molar-refractivity contribution is 5.94. The second-order valence-corrected chi connectivity index (χ2v) is 5.32. The maximum absolute atomic E-state index is 11.5. The van der Waals surface area contributed by atoms with Crippen LogP contribution in [0.3, 0.4) is 0 Å². The Morgan fingerprint density at radius 3 is 2.76 bits per heavy atom. The van der Waals surface area contributed by atoms with E-state index in [0.29, 0.717) is 30.8 Å². The summed E-state index contributed by atoms with van der Waals surface area (Å²) in [5, 5.41) is 9.73. The Morgan fingerprint density at radius 2 is 2.19 bits per heavy atom. The predicted octanol–water partition coefficient (Wildman–Crippen LogP) is 0.318. The molecule has 0 radical (unpaired) electrons. The maximum atomic E-state index is 11.5. The highest BCUT2D eigenvalue weighted by atomic mass is 16.5. The molecule has 1 heterocycles. The number of aliphatic hydroxyl groups excluding tert-OH is 1. The zero-order chi connectivity index (χ0) is 15.6. The van der Waals surface area contributed by atoms with Crippen molar-refractivity contribution in [3.63, 3.8) is 0 Å². The maximum Gasteiger partial charge on any atom is 0.234 e. The van der Waals surface area contributed by atoms with E-state index in [2.05, 4.69) is 0 Å². The van der Waals surface area contributed by atoms with Gasteiger partial charge in [-0.25, -0.2) is 0 Å². The van der Waals surface area contributed by atoms with Crippen molar-refractivity contribution < 1.29 is 19.4 Å². The number of amides is 1. The molecule has 1 aliphatic heterocycles. The zero-order valence-corrected chi connectivity index (χ0v) is 12.2. The average Bonchev–Trinajstić information content (AvgIpc) is 2.79.